The molecule has 0 unspecified atom stereocenters. The van der Waals surface area contributed by atoms with Crippen LogP contribution < -0.4 is 0 Å². The molecule has 88 valence electrons. The Bertz CT molecular complexity index is 495. The fourth-order valence-corrected chi connectivity index (χ4v) is 2.34. The van der Waals surface area contributed by atoms with Crippen molar-refractivity contribution in [1.29, 1.82) is 0 Å². The smallest absolute Gasteiger partial charge is 0.00230 e. The van der Waals surface area contributed by atoms with Gasteiger partial charge in [-0.2, -0.15) is 0 Å². The summed E-state index contributed by atoms with van der Waals surface area (Å²) in [5.74, 6) is 0. The minimum atomic E-state index is 1.04. The molecule has 0 atom stereocenters. The topological polar surface area (TPSA) is 0 Å². The highest BCUT2D eigenvalue weighted by Gasteiger charge is 2.04. The molecule has 0 radical (unpaired) electrons. The van der Waals surface area contributed by atoms with Crippen molar-refractivity contribution in [3.05, 3.63) is 70.3 Å². The molecule has 0 saturated carbocycles. The third-order valence-electron chi connectivity index (χ3n) is 3.41. The van der Waals surface area contributed by atoms with Crippen molar-refractivity contribution in [1.82, 2.24) is 0 Å². The van der Waals surface area contributed by atoms with Crippen LogP contribution in [0.2, 0.25) is 0 Å². The molecule has 0 aliphatic carbocycles. The fourth-order valence-electron chi connectivity index (χ4n) is 2.34. The van der Waals surface area contributed by atoms with Gasteiger partial charge in [0, 0.05) is 0 Å². The Balaban J connectivity index is 2.33. The van der Waals surface area contributed by atoms with Crippen LogP contribution in [-0.4, -0.2) is 0 Å². The van der Waals surface area contributed by atoms with E-state index in [1.54, 1.807) is 0 Å². The van der Waals surface area contributed by atoms with Crippen LogP contribution in [0.15, 0.2) is 42.5 Å². The minimum absolute atomic E-state index is 1.04. The van der Waals surface area contributed by atoms with Crippen molar-refractivity contribution in [2.45, 2.75) is 33.6 Å². The molecule has 0 heteroatoms. The van der Waals surface area contributed by atoms with E-state index in [1.807, 2.05) is 0 Å². The van der Waals surface area contributed by atoms with Crippen LogP contribution in [0.4, 0.5) is 0 Å². The first-order valence-electron chi connectivity index (χ1n) is 6.33. The lowest BCUT2D eigenvalue weighted by Crippen LogP contribution is -1.96. The van der Waals surface area contributed by atoms with Crippen LogP contribution in [0.3, 0.4) is 0 Å². The molecule has 0 fully saturated rings. The molecule has 0 spiro atoms. The zero-order valence-electron chi connectivity index (χ0n) is 11.0. The van der Waals surface area contributed by atoms with Gasteiger partial charge in [-0.05, 0) is 54.5 Å². The van der Waals surface area contributed by atoms with Gasteiger partial charge in [0.2, 0.25) is 0 Å². The maximum Gasteiger partial charge on any atom is -0.00230 e. The van der Waals surface area contributed by atoms with Crippen molar-refractivity contribution in [2.75, 3.05) is 0 Å². The molecule has 0 aliphatic rings. The molecule has 0 aliphatic heterocycles. The van der Waals surface area contributed by atoms with Crippen LogP contribution in [-0.2, 0) is 12.8 Å². The molecule has 2 aromatic carbocycles. The van der Waals surface area contributed by atoms with Gasteiger partial charge >= 0.3 is 0 Å². The quantitative estimate of drug-likeness (QED) is 0.722. The molecule has 0 bridgehead atoms. The van der Waals surface area contributed by atoms with Crippen molar-refractivity contribution in [3.63, 3.8) is 0 Å². The second-order valence-electron chi connectivity index (χ2n) is 4.72. The normalized spacial score (nSPS) is 10.5. The number of aryl methyl sites for hydroxylation is 3. The Morgan fingerprint density at radius 2 is 1.47 bits per heavy atom. The van der Waals surface area contributed by atoms with Gasteiger partial charge in [-0.1, -0.05) is 49.4 Å². The average Bonchev–Trinajstić information content (AvgIpc) is 2.34. The summed E-state index contributed by atoms with van der Waals surface area (Å²) in [6.45, 7) is 6.65. The van der Waals surface area contributed by atoms with Crippen LogP contribution in [0.5, 0.6) is 0 Å². The third-order valence-corrected chi connectivity index (χ3v) is 3.41. The highest BCUT2D eigenvalue weighted by molar-refractivity contribution is 5.39. The number of benzene rings is 2. The van der Waals surface area contributed by atoms with E-state index in [0.717, 1.165) is 12.8 Å². The Morgan fingerprint density at radius 1 is 0.824 bits per heavy atom. The van der Waals surface area contributed by atoms with Crippen molar-refractivity contribution in [2.24, 2.45) is 0 Å². The zero-order valence-corrected chi connectivity index (χ0v) is 11.0. The van der Waals surface area contributed by atoms with Crippen molar-refractivity contribution < 1.29 is 0 Å². The van der Waals surface area contributed by atoms with Gasteiger partial charge in [-0.15, -0.1) is 0 Å². The molecule has 2 rings (SSSR count). The Morgan fingerprint density at radius 3 is 2.12 bits per heavy atom. The molecular weight excluding hydrogens is 204 g/mol. The lowest BCUT2D eigenvalue weighted by molar-refractivity contribution is 1.06. The highest BCUT2D eigenvalue weighted by atomic mass is 14.1. The monoisotopic (exact) mass is 224 g/mol. The Labute approximate surface area is 104 Å². The van der Waals surface area contributed by atoms with Gasteiger partial charge in [0.05, 0.1) is 0 Å². The van der Waals surface area contributed by atoms with E-state index in [1.165, 1.54) is 27.8 Å². The molecule has 17 heavy (non-hydrogen) atoms. The molecule has 0 heterocycles. The van der Waals surface area contributed by atoms with Gasteiger partial charge in [0.1, 0.15) is 0 Å². The number of hydrogen-bond acceptors (Lipinski definition) is 0. The maximum atomic E-state index is 2.37. The Kier molecular flexibility index (Phi) is 3.63. The first-order chi connectivity index (χ1) is 8.20. The predicted molar refractivity (Wildman–Crippen MR) is 74.5 cm³/mol. The van der Waals surface area contributed by atoms with Gasteiger partial charge in [-0.25, -0.2) is 0 Å². The van der Waals surface area contributed by atoms with Crippen LogP contribution in [0.1, 0.15) is 34.7 Å². The van der Waals surface area contributed by atoms with E-state index in [0.29, 0.717) is 0 Å². The van der Waals surface area contributed by atoms with E-state index in [9.17, 15) is 0 Å². The summed E-state index contributed by atoms with van der Waals surface area (Å²) in [5, 5.41) is 0. The highest BCUT2D eigenvalue weighted by Crippen LogP contribution is 2.19. The van der Waals surface area contributed by atoms with Gasteiger partial charge < -0.3 is 0 Å². The first kappa shape index (κ1) is 11.9. The maximum absolute atomic E-state index is 2.37. The second-order valence-corrected chi connectivity index (χ2v) is 4.72. The van der Waals surface area contributed by atoms with E-state index in [2.05, 4.69) is 63.2 Å². The molecule has 2 aromatic rings. The summed E-state index contributed by atoms with van der Waals surface area (Å²) >= 11 is 0. The van der Waals surface area contributed by atoms with Gasteiger partial charge in [0.25, 0.3) is 0 Å². The van der Waals surface area contributed by atoms with Crippen LogP contribution >= 0.6 is 0 Å². The minimum Gasteiger partial charge on any atom is -0.0622 e. The molecule has 0 saturated heterocycles. The molecule has 0 aromatic heterocycles. The largest absolute Gasteiger partial charge is 0.0622 e. The van der Waals surface area contributed by atoms with Gasteiger partial charge in [0.15, 0.2) is 0 Å². The standard InChI is InChI=1S/C17H20/c1-4-16-12-17(14(3)10-13(16)2)11-15-8-6-5-7-9-15/h5-10,12H,4,11H2,1-3H3. The van der Waals surface area contributed by atoms with E-state index >= 15 is 0 Å². The fraction of sp³-hybridized carbons (Fsp3) is 0.294. The Hall–Kier alpha value is -1.56. The summed E-state index contributed by atoms with van der Waals surface area (Å²) in [6, 6.07) is 15.4. The SMILES string of the molecule is CCc1cc(Cc2ccccc2)c(C)cc1C. The van der Waals surface area contributed by atoms with E-state index in [4.69, 9.17) is 0 Å². The summed E-state index contributed by atoms with van der Waals surface area (Å²) in [7, 11) is 0. The first-order valence-corrected chi connectivity index (χ1v) is 6.33. The van der Waals surface area contributed by atoms with Crippen molar-refractivity contribution >= 4 is 0 Å². The second kappa shape index (κ2) is 5.18. The summed E-state index contributed by atoms with van der Waals surface area (Å²) in [6.07, 6.45) is 2.16. The lowest BCUT2D eigenvalue weighted by atomic mass is 9.94. The zero-order chi connectivity index (χ0) is 12.3. The molecule has 0 amide bonds. The van der Waals surface area contributed by atoms with Crippen LogP contribution in [0, 0.1) is 13.8 Å². The summed E-state index contributed by atoms with van der Waals surface area (Å²) in [4.78, 5) is 0. The van der Waals surface area contributed by atoms with E-state index < -0.39 is 0 Å². The predicted octanol–water partition coefficient (Wildman–Crippen LogP) is 4.46. The van der Waals surface area contributed by atoms with Crippen LogP contribution in [0.25, 0.3) is 0 Å². The summed E-state index contributed by atoms with van der Waals surface area (Å²) in [5.41, 5.74) is 7.15. The molecule has 0 nitrogen and oxygen atoms in total. The lowest BCUT2D eigenvalue weighted by Gasteiger charge is -2.11. The number of hydrogen-bond donors (Lipinski definition) is 0. The number of rotatable bonds is 3. The van der Waals surface area contributed by atoms with Gasteiger partial charge in [-0.3, -0.25) is 0 Å². The third kappa shape index (κ3) is 2.76. The van der Waals surface area contributed by atoms with Crippen molar-refractivity contribution in [3.8, 4) is 0 Å². The average molecular weight is 224 g/mol. The van der Waals surface area contributed by atoms with E-state index in [-0.39, 0.29) is 0 Å². The molecular formula is C17H20. The summed E-state index contributed by atoms with van der Waals surface area (Å²) < 4.78 is 0. The molecule has 0 N–H and O–H groups in total.